The topological polar surface area (TPSA) is 58.0 Å². The highest BCUT2D eigenvalue weighted by Crippen LogP contribution is 2.33. The van der Waals surface area contributed by atoms with Crippen molar-refractivity contribution in [3.05, 3.63) is 58.1 Å². The number of hydrogen-bond acceptors (Lipinski definition) is 6. The quantitative estimate of drug-likeness (QED) is 0.627. The summed E-state index contributed by atoms with van der Waals surface area (Å²) in [4.78, 5) is 23.3. The molecule has 3 aromatic rings. The molecule has 0 atom stereocenters. The first kappa shape index (κ1) is 19.2. The Labute approximate surface area is 182 Å². The van der Waals surface area contributed by atoms with Gasteiger partial charge >= 0.3 is 0 Å². The lowest BCUT2D eigenvalue weighted by Gasteiger charge is -2.30. The van der Waals surface area contributed by atoms with Gasteiger partial charge in [0.25, 0.3) is 0 Å². The number of fused-ring (bicyclic) bond motifs is 1. The van der Waals surface area contributed by atoms with E-state index in [1.807, 2.05) is 19.3 Å². The minimum atomic E-state index is 0.620. The molecule has 2 aliphatic heterocycles. The maximum atomic E-state index is 6.50. The Kier molecular flexibility index (Phi) is 5.03. The van der Waals surface area contributed by atoms with Crippen molar-refractivity contribution in [3.63, 3.8) is 0 Å². The summed E-state index contributed by atoms with van der Waals surface area (Å²) < 4.78 is 0. The predicted molar refractivity (Wildman–Crippen MR) is 120 cm³/mol. The molecule has 0 saturated carbocycles. The van der Waals surface area contributed by atoms with Gasteiger partial charge in [-0.05, 0) is 43.9 Å². The summed E-state index contributed by atoms with van der Waals surface area (Å²) in [6.45, 7) is 7.87. The van der Waals surface area contributed by atoms with Crippen LogP contribution in [-0.2, 0) is 13.0 Å². The summed E-state index contributed by atoms with van der Waals surface area (Å²) >= 11 is 6.50. The van der Waals surface area contributed by atoms with Crippen LogP contribution in [0.3, 0.4) is 0 Å². The Morgan fingerprint density at radius 1 is 0.900 bits per heavy atom. The van der Waals surface area contributed by atoms with Crippen LogP contribution in [0.15, 0.2) is 30.7 Å². The lowest BCUT2D eigenvalue weighted by atomic mass is 10.0. The average Bonchev–Trinajstić information content (AvgIpc) is 3.29. The average molecular weight is 421 g/mol. The molecule has 0 amide bonds. The molecule has 5 heterocycles. The van der Waals surface area contributed by atoms with E-state index in [9.17, 15) is 0 Å². The summed E-state index contributed by atoms with van der Waals surface area (Å²) in [6.07, 6.45) is 8.95. The molecule has 1 fully saturated rings. The molecule has 6 nitrogen and oxygen atoms in total. The van der Waals surface area contributed by atoms with Crippen molar-refractivity contribution in [2.45, 2.75) is 39.7 Å². The number of halogens is 1. The van der Waals surface area contributed by atoms with Crippen molar-refractivity contribution >= 4 is 23.4 Å². The van der Waals surface area contributed by atoms with E-state index >= 15 is 0 Å². The summed E-state index contributed by atoms with van der Waals surface area (Å²) in [5, 5.41) is 0.620. The fourth-order valence-electron chi connectivity index (χ4n) is 4.35. The van der Waals surface area contributed by atoms with Gasteiger partial charge in [0.1, 0.15) is 5.82 Å². The molecular weight excluding hydrogens is 396 g/mol. The molecule has 2 aliphatic rings. The smallest absolute Gasteiger partial charge is 0.225 e. The van der Waals surface area contributed by atoms with Gasteiger partial charge in [0.15, 0.2) is 0 Å². The Balaban J connectivity index is 1.42. The van der Waals surface area contributed by atoms with Gasteiger partial charge < -0.3 is 9.80 Å². The van der Waals surface area contributed by atoms with Gasteiger partial charge in [0.05, 0.1) is 16.4 Å². The van der Waals surface area contributed by atoms with Gasteiger partial charge in [0.2, 0.25) is 5.95 Å². The van der Waals surface area contributed by atoms with E-state index in [1.54, 1.807) is 6.20 Å². The molecule has 3 aromatic heterocycles. The van der Waals surface area contributed by atoms with Crippen molar-refractivity contribution in [1.82, 2.24) is 19.9 Å². The summed E-state index contributed by atoms with van der Waals surface area (Å²) in [7, 11) is 0. The Bertz CT molecular complexity index is 1090. The number of aryl methyl sites for hydroxylation is 2. The first-order chi connectivity index (χ1) is 14.6. The molecule has 30 heavy (non-hydrogen) atoms. The van der Waals surface area contributed by atoms with Gasteiger partial charge in [-0.1, -0.05) is 17.7 Å². The normalized spacial score (nSPS) is 16.1. The third-order valence-corrected chi connectivity index (χ3v) is 6.25. The second-order valence-corrected chi connectivity index (χ2v) is 8.62. The van der Waals surface area contributed by atoms with Crippen molar-refractivity contribution in [2.24, 2.45) is 0 Å². The van der Waals surface area contributed by atoms with E-state index < -0.39 is 0 Å². The van der Waals surface area contributed by atoms with Gasteiger partial charge in [-0.15, -0.1) is 0 Å². The van der Waals surface area contributed by atoms with Crippen LogP contribution >= 0.6 is 11.6 Å². The van der Waals surface area contributed by atoms with Crippen LogP contribution in [0.25, 0.3) is 11.3 Å². The first-order valence-corrected chi connectivity index (χ1v) is 10.9. The van der Waals surface area contributed by atoms with Gasteiger partial charge in [-0.3, -0.25) is 4.98 Å². The van der Waals surface area contributed by atoms with Crippen LogP contribution in [-0.4, -0.2) is 39.6 Å². The Morgan fingerprint density at radius 3 is 2.53 bits per heavy atom. The van der Waals surface area contributed by atoms with Gasteiger partial charge in [-0.2, -0.15) is 0 Å². The number of anilines is 2. The van der Waals surface area contributed by atoms with Crippen LogP contribution in [0.2, 0.25) is 5.02 Å². The molecule has 154 valence electrons. The lowest BCUT2D eigenvalue weighted by Crippen LogP contribution is -2.32. The highest BCUT2D eigenvalue weighted by molar-refractivity contribution is 6.33. The fraction of sp³-hybridized carbons (Fsp3) is 0.391. The van der Waals surface area contributed by atoms with Crippen LogP contribution in [0.1, 0.15) is 35.2 Å². The summed E-state index contributed by atoms with van der Waals surface area (Å²) in [5.41, 5.74) is 6.42. The van der Waals surface area contributed by atoms with Crippen molar-refractivity contribution < 1.29 is 0 Å². The van der Waals surface area contributed by atoms with Crippen molar-refractivity contribution in [3.8, 4) is 11.3 Å². The predicted octanol–water partition coefficient (Wildman–Crippen LogP) is 4.37. The number of hydrogen-bond donors (Lipinski definition) is 0. The zero-order chi connectivity index (χ0) is 20.7. The third kappa shape index (κ3) is 3.60. The number of nitrogens with zero attached hydrogens (tertiary/aromatic N) is 6. The van der Waals surface area contributed by atoms with Crippen LogP contribution in [0, 0.1) is 13.8 Å². The summed E-state index contributed by atoms with van der Waals surface area (Å²) in [6, 6.07) is 4.18. The molecule has 0 N–H and O–H groups in total. The lowest BCUT2D eigenvalue weighted by molar-refractivity contribution is 0.692. The zero-order valence-electron chi connectivity index (χ0n) is 17.4. The third-order valence-electron chi connectivity index (χ3n) is 5.95. The maximum Gasteiger partial charge on any atom is 0.225 e. The number of aromatic nitrogens is 4. The van der Waals surface area contributed by atoms with E-state index in [1.165, 1.54) is 18.4 Å². The molecule has 0 bridgehead atoms. The largest absolute Gasteiger partial charge is 0.352 e. The maximum absolute atomic E-state index is 6.50. The molecule has 0 spiro atoms. The molecule has 0 aliphatic carbocycles. The molecular formula is C23H25ClN6. The molecule has 0 unspecified atom stereocenters. The minimum absolute atomic E-state index is 0.620. The SMILES string of the molecule is Cc1cnc(-c2cc(N3CCc4nc(N5CCCC5)ncc4C3)ncc2Cl)c(C)c1. The highest BCUT2D eigenvalue weighted by Gasteiger charge is 2.23. The molecule has 0 aromatic carbocycles. The second-order valence-electron chi connectivity index (χ2n) is 8.21. The molecule has 7 heteroatoms. The van der Waals surface area contributed by atoms with Crippen LogP contribution in [0.5, 0.6) is 0 Å². The highest BCUT2D eigenvalue weighted by atomic mass is 35.5. The Morgan fingerprint density at radius 2 is 1.73 bits per heavy atom. The van der Waals surface area contributed by atoms with Gasteiger partial charge in [0, 0.05) is 62.3 Å². The standard InChI is InChI=1S/C23H25ClN6/c1-15-9-16(2)22(26-11-15)18-10-21(25-13-19(18)24)30-8-5-20-17(14-30)12-27-23(28-20)29-6-3-4-7-29/h9-13H,3-8,14H2,1-2H3. The number of pyridine rings is 2. The molecule has 5 rings (SSSR count). The molecule has 0 radical (unpaired) electrons. The zero-order valence-corrected chi connectivity index (χ0v) is 18.2. The van der Waals surface area contributed by atoms with E-state index in [4.69, 9.17) is 16.6 Å². The summed E-state index contributed by atoms with van der Waals surface area (Å²) in [5.74, 6) is 1.79. The van der Waals surface area contributed by atoms with E-state index in [-0.39, 0.29) is 0 Å². The van der Waals surface area contributed by atoms with E-state index in [0.717, 1.165) is 72.4 Å². The molecule has 1 saturated heterocycles. The van der Waals surface area contributed by atoms with Crippen LogP contribution in [0.4, 0.5) is 11.8 Å². The fourth-order valence-corrected chi connectivity index (χ4v) is 4.54. The second kappa shape index (κ2) is 7.84. The van der Waals surface area contributed by atoms with E-state index in [0.29, 0.717) is 5.02 Å². The number of rotatable bonds is 3. The van der Waals surface area contributed by atoms with Gasteiger partial charge in [-0.25, -0.2) is 15.0 Å². The van der Waals surface area contributed by atoms with Crippen molar-refractivity contribution in [2.75, 3.05) is 29.4 Å². The van der Waals surface area contributed by atoms with Crippen molar-refractivity contribution in [1.29, 1.82) is 0 Å². The monoisotopic (exact) mass is 420 g/mol. The van der Waals surface area contributed by atoms with E-state index in [2.05, 4.69) is 43.8 Å². The Hall–Kier alpha value is -2.73. The first-order valence-electron chi connectivity index (χ1n) is 10.5. The minimum Gasteiger partial charge on any atom is -0.352 e. The van der Waals surface area contributed by atoms with Crippen LogP contribution < -0.4 is 9.80 Å².